The molecule has 0 aliphatic carbocycles. The molecule has 0 radical (unpaired) electrons. The average molecular weight is 396 g/mol. The van der Waals surface area contributed by atoms with E-state index >= 15 is 0 Å². The Hall–Kier alpha value is -1.31. The molecule has 0 aromatic heterocycles. The minimum Gasteiger partial charge on any atom is -0.461 e. The van der Waals surface area contributed by atoms with E-state index in [1.165, 1.54) is 0 Å². The second-order valence-corrected chi connectivity index (χ2v) is 9.01. The van der Waals surface area contributed by atoms with E-state index in [0.29, 0.717) is 19.3 Å². The lowest BCUT2D eigenvalue weighted by molar-refractivity contribution is -0.195. The van der Waals surface area contributed by atoms with Crippen LogP contribution in [0.15, 0.2) is 0 Å². The van der Waals surface area contributed by atoms with E-state index in [2.05, 4.69) is 0 Å². The number of esters is 1. The lowest BCUT2D eigenvalue weighted by Gasteiger charge is -2.44. The highest BCUT2D eigenvalue weighted by atomic mass is 16.5. The van der Waals surface area contributed by atoms with Gasteiger partial charge >= 0.3 is 5.97 Å². The summed E-state index contributed by atoms with van der Waals surface area (Å²) in [5.74, 6) is -3.07. The maximum Gasteiger partial charge on any atom is 0.316 e. The van der Waals surface area contributed by atoms with Crippen molar-refractivity contribution in [2.24, 2.45) is 17.8 Å². The average Bonchev–Trinajstić information content (AvgIpc) is 2.62. The van der Waals surface area contributed by atoms with E-state index in [0.717, 1.165) is 6.42 Å². The summed E-state index contributed by atoms with van der Waals surface area (Å²) in [6, 6.07) is 0. The molecule has 0 aromatic rings. The van der Waals surface area contributed by atoms with Crippen molar-refractivity contribution in [1.29, 1.82) is 0 Å². The van der Waals surface area contributed by atoms with Crippen LogP contribution in [0.2, 0.25) is 0 Å². The molecule has 158 valence electrons. The summed E-state index contributed by atoms with van der Waals surface area (Å²) < 4.78 is 11.7. The second kappa shape index (κ2) is 8.20. The van der Waals surface area contributed by atoms with Gasteiger partial charge in [-0.3, -0.25) is 14.4 Å². The van der Waals surface area contributed by atoms with Crippen LogP contribution in [0, 0.1) is 17.8 Å². The Bertz CT molecular complexity index is 632. The summed E-state index contributed by atoms with van der Waals surface area (Å²) in [7, 11) is 0. The van der Waals surface area contributed by atoms with Gasteiger partial charge in [-0.15, -0.1) is 0 Å². The number of hydrogen-bond acceptors (Lipinski definition) is 7. The van der Waals surface area contributed by atoms with E-state index in [1.54, 1.807) is 6.92 Å². The van der Waals surface area contributed by atoms with E-state index < -0.39 is 53.7 Å². The first kappa shape index (κ1) is 21.4. The first-order valence-electron chi connectivity index (χ1n) is 10.5. The Labute approximate surface area is 165 Å². The third-order valence-electron chi connectivity index (χ3n) is 6.68. The number of ether oxygens (including phenoxy) is 2. The number of Topliss-reactive ketones (excluding diaryl/α,β-unsaturated/α-hetero) is 2. The minimum absolute atomic E-state index is 0.0837. The number of aliphatic hydroxyl groups excluding tert-OH is 2. The van der Waals surface area contributed by atoms with Crippen LogP contribution in [0.3, 0.4) is 0 Å². The lowest BCUT2D eigenvalue weighted by Crippen LogP contribution is -2.51. The van der Waals surface area contributed by atoms with Gasteiger partial charge in [-0.25, -0.2) is 0 Å². The predicted molar refractivity (Wildman–Crippen MR) is 99.3 cm³/mol. The highest BCUT2D eigenvalue weighted by Crippen LogP contribution is 2.39. The van der Waals surface area contributed by atoms with Crippen LogP contribution in [0.1, 0.15) is 65.7 Å². The molecule has 8 unspecified atom stereocenters. The smallest absolute Gasteiger partial charge is 0.316 e. The van der Waals surface area contributed by atoms with Crippen molar-refractivity contribution >= 4 is 17.5 Å². The van der Waals surface area contributed by atoms with Gasteiger partial charge in [0.25, 0.3) is 0 Å². The van der Waals surface area contributed by atoms with Crippen LogP contribution in [-0.2, 0) is 23.9 Å². The van der Waals surface area contributed by atoms with Gasteiger partial charge in [0.15, 0.2) is 5.78 Å². The van der Waals surface area contributed by atoms with Gasteiger partial charge < -0.3 is 19.7 Å². The fourth-order valence-corrected chi connectivity index (χ4v) is 4.98. The molecule has 0 amide bonds. The summed E-state index contributed by atoms with van der Waals surface area (Å²) >= 11 is 0. The summed E-state index contributed by atoms with van der Waals surface area (Å²) in [5.41, 5.74) is -0.780. The summed E-state index contributed by atoms with van der Waals surface area (Å²) in [6.45, 7) is 5.40. The van der Waals surface area contributed by atoms with E-state index in [1.807, 2.05) is 13.8 Å². The van der Waals surface area contributed by atoms with Crippen molar-refractivity contribution in [1.82, 2.24) is 0 Å². The standard InChI is InChI=1S/C21H32O7/c1-4-5-13-16-9-15(23)11(2)18(24)17-8-12(22)10-21(3,28-17)7-6-14(19(13)25)20(26)27-16/h11-14,16-18,22,24H,4-10H2,1-3H3. The van der Waals surface area contributed by atoms with E-state index in [4.69, 9.17) is 9.47 Å². The molecule has 7 heteroatoms. The molecule has 0 saturated carbocycles. The first-order valence-corrected chi connectivity index (χ1v) is 10.5. The van der Waals surface area contributed by atoms with Crippen molar-refractivity contribution in [3.63, 3.8) is 0 Å². The monoisotopic (exact) mass is 396 g/mol. The zero-order valence-electron chi connectivity index (χ0n) is 16.9. The van der Waals surface area contributed by atoms with Gasteiger partial charge in [0, 0.05) is 25.2 Å². The van der Waals surface area contributed by atoms with Crippen molar-refractivity contribution in [2.45, 2.75) is 95.7 Å². The number of hydrogen-bond donors (Lipinski definition) is 2. The van der Waals surface area contributed by atoms with Crippen LogP contribution >= 0.6 is 0 Å². The van der Waals surface area contributed by atoms with Crippen molar-refractivity contribution in [2.75, 3.05) is 0 Å². The van der Waals surface area contributed by atoms with Crippen LogP contribution in [0.4, 0.5) is 0 Å². The Morgan fingerprint density at radius 3 is 2.57 bits per heavy atom. The van der Waals surface area contributed by atoms with Crippen LogP contribution in [0.25, 0.3) is 0 Å². The second-order valence-electron chi connectivity index (χ2n) is 9.01. The van der Waals surface area contributed by atoms with Gasteiger partial charge in [0.05, 0.1) is 29.8 Å². The molecular formula is C21H32O7. The summed E-state index contributed by atoms with van der Waals surface area (Å²) in [6.07, 6.45) is -0.641. The third-order valence-corrected chi connectivity index (χ3v) is 6.68. The molecule has 4 rings (SSSR count). The number of rotatable bonds is 2. The van der Waals surface area contributed by atoms with Crippen LogP contribution in [0.5, 0.6) is 0 Å². The maximum absolute atomic E-state index is 13.1. The van der Waals surface area contributed by atoms with Gasteiger partial charge in [-0.2, -0.15) is 0 Å². The number of carbonyl (C=O) groups excluding carboxylic acids is 3. The predicted octanol–water partition coefficient (Wildman–Crippen LogP) is 1.56. The van der Waals surface area contributed by atoms with Gasteiger partial charge in [0.1, 0.15) is 17.8 Å². The molecule has 4 saturated heterocycles. The fourth-order valence-electron chi connectivity index (χ4n) is 4.98. The van der Waals surface area contributed by atoms with E-state index in [9.17, 15) is 24.6 Å². The molecule has 0 spiro atoms. The molecule has 4 aliphatic rings. The molecule has 8 atom stereocenters. The van der Waals surface area contributed by atoms with Gasteiger partial charge in [0.2, 0.25) is 0 Å². The number of ketones is 2. The quantitative estimate of drug-likeness (QED) is 0.538. The SMILES string of the molecule is CCCC1C(=O)C2CCC3(C)CC(O)CC(O3)C(O)C(C)C(=O)CC1OC2=O. The zero-order valence-corrected chi connectivity index (χ0v) is 16.9. The van der Waals surface area contributed by atoms with Crippen LogP contribution < -0.4 is 0 Å². The first-order chi connectivity index (χ1) is 13.1. The maximum atomic E-state index is 13.1. The normalized spacial score (nSPS) is 45.0. The summed E-state index contributed by atoms with van der Waals surface area (Å²) in [5, 5.41) is 21.1. The Balaban J connectivity index is 1.96. The van der Waals surface area contributed by atoms with Crippen molar-refractivity contribution in [3.8, 4) is 0 Å². The number of fused-ring (bicyclic) bond motifs is 6. The number of carbonyl (C=O) groups is 3. The minimum atomic E-state index is -1.06. The molecule has 2 N–H and O–H groups in total. The Morgan fingerprint density at radius 1 is 1.18 bits per heavy atom. The van der Waals surface area contributed by atoms with Gasteiger partial charge in [-0.1, -0.05) is 20.3 Å². The Kier molecular flexibility index (Phi) is 6.27. The fraction of sp³-hybridized carbons (Fsp3) is 0.857. The molecule has 4 bridgehead atoms. The van der Waals surface area contributed by atoms with Crippen molar-refractivity contribution < 1.29 is 34.1 Å². The van der Waals surface area contributed by atoms with E-state index in [-0.39, 0.29) is 30.8 Å². The zero-order chi connectivity index (χ0) is 20.6. The largest absolute Gasteiger partial charge is 0.461 e. The number of aliphatic hydroxyl groups is 2. The molecule has 4 heterocycles. The Morgan fingerprint density at radius 2 is 1.89 bits per heavy atom. The topological polar surface area (TPSA) is 110 Å². The van der Waals surface area contributed by atoms with Crippen molar-refractivity contribution in [3.05, 3.63) is 0 Å². The molecule has 0 aromatic carbocycles. The highest BCUT2D eigenvalue weighted by Gasteiger charge is 2.49. The lowest BCUT2D eigenvalue weighted by atomic mass is 9.77. The van der Waals surface area contributed by atoms with Crippen LogP contribution in [-0.4, -0.2) is 57.8 Å². The highest BCUT2D eigenvalue weighted by molar-refractivity contribution is 6.02. The summed E-state index contributed by atoms with van der Waals surface area (Å²) in [4.78, 5) is 38.4. The molecule has 28 heavy (non-hydrogen) atoms. The molecular weight excluding hydrogens is 364 g/mol. The third kappa shape index (κ3) is 4.16. The molecule has 4 fully saturated rings. The molecule has 7 nitrogen and oxygen atoms in total. The van der Waals surface area contributed by atoms with Gasteiger partial charge in [-0.05, 0) is 26.2 Å². The molecule has 4 aliphatic heterocycles.